The Bertz CT molecular complexity index is 652. The van der Waals surface area contributed by atoms with Crippen molar-refractivity contribution in [2.45, 2.75) is 20.3 Å². The van der Waals surface area contributed by atoms with E-state index in [4.69, 9.17) is 0 Å². The number of hydrogen-bond acceptors (Lipinski definition) is 5. The number of thiophene rings is 1. The molecule has 2 N–H and O–H groups in total. The standard InChI is InChI=1S/C13H18N4OS/c1-8-9(2)19-12-10(8)11(18)15-13(16-12)17-6-3-4-14-5-7-17/h14H,3-7H2,1-2H3,(H,15,16,18). The predicted octanol–water partition coefficient (Wildman–Crippen LogP) is 1.40. The number of hydrogen-bond donors (Lipinski definition) is 2. The molecule has 0 bridgehead atoms. The molecule has 1 saturated heterocycles. The van der Waals surface area contributed by atoms with Crippen molar-refractivity contribution in [3.8, 4) is 0 Å². The second-order valence-electron chi connectivity index (χ2n) is 4.94. The Labute approximate surface area is 115 Å². The molecule has 0 amide bonds. The van der Waals surface area contributed by atoms with Gasteiger partial charge in [0.05, 0.1) is 5.39 Å². The van der Waals surface area contributed by atoms with Gasteiger partial charge in [0.25, 0.3) is 5.56 Å². The van der Waals surface area contributed by atoms with Crippen LogP contribution in [-0.2, 0) is 0 Å². The van der Waals surface area contributed by atoms with Crippen molar-refractivity contribution >= 4 is 27.5 Å². The van der Waals surface area contributed by atoms with Gasteiger partial charge >= 0.3 is 0 Å². The van der Waals surface area contributed by atoms with E-state index >= 15 is 0 Å². The maximum absolute atomic E-state index is 12.2. The van der Waals surface area contributed by atoms with E-state index < -0.39 is 0 Å². The van der Waals surface area contributed by atoms with Gasteiger partial charge in [0, 0.05) is 24.5 Å². The van der Waals surface area contributed by atoms with Gasteiger partial charge < -0.3 is 10.2 Å². The largest absolute Gasteiger partial charge is 0.341 e. The van der Waals surface area contributed by atoms with Gasteiger partial charge in [-0.3, -0.25) is 9.78 Å². The van der Waals surface area contributed by atoms with Crippen LogP contribution in [0.4, 0.5) is 5.95 Å². The molecule has 6 heteroatoms. The Kier molecular flexibility index (Phi) is 3.28. The van der Waals surface area contributed by atoms with E-state index in [9.17, 15) is 4.79 Å². The second kappa shape index (κ2) is 4.94. The monoisotopic (exact) mass is 278 g/mol. The Morgan fingerprint density at radius 2 is 2.11 bits per heavy atom. The van der Waals surface area contributed by atoms with Gasteiger partial charge in [-0.05, 0) is 32.4 Å². The number of aromatic nitrogens is 2. The summed E-state index contributed by atoms with van der Waals surface area (Å²) in [5.74, 6) is 0.711. The van der Waals surface area contributed by atoms with Crippen molar-refractivity contribution in [3.05, 3.63) is 20.8 Å². The molecule has 19 heavy (non-hydrogen) atoms. The van der Waals surface area contributed by atoms with Gasteiger partial charge in [-0.25, -0.2) is 4.98 Å². The summed E-state index contributed by atoms with van der Waals surface area (Å²) in [6, 6.07) is 0. The molecule has 0 saturated carbocycles. The SMILES string of the molecule is Cc1sc2nc(N3CCCNCC3)[nH]c(=O)c2c1C. The van der Waals surface area contributed by atoms with E-state index in [0.29, 0.717) is 5.95 Å². The lowest BCUT2D eigenvalue weighted by Crippen LogP contribution is -2.31. The van der Waals surface area contributed by atoms with Crippen molar-refractivity contribution in [2.24, 2.45) is 0 Å². The summed E-state index contributed by atoms with van der Waals surface area (Å²) >= 11 is 1.60. The molecule has 3 heterocycles. The summed E-state index contributed by atoms with van der Waals surface area (Å²) in [7, 11) is 0. The minimum absolute atomic E-state index is 0.0148. The molecule has 3 rings (SSSR count). The van der Waals surface area contributed by atoms with Crippen LogP contribution in [0.15, 0.2) is 4.79 Å². The average molecular weight is 278 g/mol. The third-order valence-corrected chi connectivity index (χ3v) is 4.77. The number of aryl methyl sites for hydroxylation is 2. The molecule has 5 nitrogen and oxygen atoms in total. The Hall–Kier alpha value is -1.40. The van der Waals surface area contributed by atoms with Gasteiger partial charge in [0.2, 0.25) is 5.95 Å². The van der Waals surface area contributed by atoms with Crippen molar-refractivity contribution < 1.29 is 0 Å². The zero-order valence-corrected chi connectivity index (χ0v) is 12.1. The zero-order chi connectivity index (χ0) is 13.4. The fourth-order valence-corrected chi connectivity index (χ4v) is 3.48. The van der Waals surface area contributed by atoms with Crippen LogP contribution in [0.3, 0.4) is 0 Å². The molecule has 0 aromatic carbocycles. The Balaban J connectivity index is 2.07. The van der Waals surface area contributed by atoms with Gasteiger partial charge in [-0.15, -0.1) is 11.3 Å². The molecule has 0 radical (unpaired) electrons. The van der Waals surface area contributed by atoms with E-state index in [1.807, 2.05) is 13.8 Å². The average Bonchev–Trinajstić information content (AvgIpc) is 2.60. The normalized spacial score (nSPS) is 16.8. The fourth-order valence-electron chi connectivity index (χ4n) is 2.45. The van der Waals surface area contributed by atoms with E-state index in [2.05, 4.69) is 20.2 Å². The van der Waals surface area contributed by atoms with Crippen molar-refractivity contribution in [2.75, 3.05) is 31.1 Å². The summed E-state index contributed by atoms with van der Waals surface area (Å²) in [4.78, 5) is 24.0. The van der Waals surface area contributed by atoms with Gasteiger partial charge in [-0.2, -0.15) is 0 Å². The highest BCUT2D eigenvalue weighted by Crippen LogP contribution is 2.26. The summed E-state index contributed by atoms with van der Waals surface area (Å²) in [6.45, 7) is 7.81. The highest BCUT2D eigenvalue weighted by Gasteiger charge is 2.16. The van der Waals surface area contributed by atoms with E-state index in [1.54, 1.807) is 11.3 Å². The number of anilines is 1. The number of aromatic amines is 1. The lowest BCUT2D eigenvalue weighted by atomic mass is 10.2. The topological polar surface area (TPSA) is 61.0 Å². The molecule has 1 aliphatic rings. The number of H-pyrrole nitrogens is 1. The molecule has 0 spiro atoms. The fraction of sp³-hybridized carbons (Fsp3) is 0.538. The van der Waals surface area contributed by atoms with Crippen molar-refractivity contribution in [3.63, 3.8) is 0 Å². The summed E-state index contributed by atoms with van der Waals surface area (Å²) in [6.07, 6.45) is 1.07. The van der Waals surface area contributed by atoms with Crippen LogP contribution in [0.25, 0.3) is 10.2 Å². The summed E-state index contributed by atoms with van der Waals surface area (Å²) in [5.41, 5.74) is 1.04. The molecular formula is C13H18N4OS. The smallest absolute Gasteiger partial charge is 0.261 e. The molecule has 1 aliphatic heterocycles. The van der Waals surface area contributed by atoms with E-state index in [0.717, 1.165) is 48.4 Å². The summed E-state index contributed by atoms with van der Waals surface area (Å²) in [5, 5.41) is 4.10. The number of nitrogens with one attached hydrogen (secondary N) is 2. The Morgan fingerprint density at radius 1 is 1.26 bits per heavy atom. The molecule has 2 aromatic rings. The molecule has 0 atom stereocenters. The molecule has 0 aliphatic carbocycles. The first kappa shape index (κ1) is 12.6. The van der Waals surface area contributed by atoms with Crippen LogP contribution in [0.5, 0.6) is 0 Å². The van der Waals surface area contributed by atoms with Crippen LogP contribution < -0.4 is 15.8 Å². The van der Waals surface area contributed by atoms with Crippen LogP contribution in [0.1, 0.15) is 16.9 Å². The van der Waals surface area contributed by atoms with E-state index in [-0.39, 0.29) is 5.56 Å². The minimum Gasteiger partial charge on any atom is -0.341 e. The third kappa shape index (κ3) is 2.26. The maximum atomic E-state index is 12.2. The van der Waals surface area contributed by atoms with Gasteiger partial charge in [-0.1, -0.05) is 0 Å². The van der Waals surface area contributed by atoms with Crippen molar-refractivity contribution in [1.29, 1.82) is 0 Å². The Morgan fingerprint density at radius 3 is 2.95 bits per heavy atom. The van der Waals surface area contributed by atoms with Crippen LogP contribution in [-0.4, -0.2) is 36.1 Å². The predicted molar refractivity (Wildman–Crippen MR) is 79.4 cm³/mol. The van der Waals surface area contributed by atoms with Crippen molar-refractivity contribution in [1.82, 2.24) is 15.3 Å². The lowest BCUT2D eigenvalue weighted by Gasteiger charge is -2.20. The third-order valence-electron chi connectivity index (χ3n) is 3.67. The van der Waals surface area contributed by atoms with Crippen LogP contribution in [0.2, 0.25) is 0 Å². The van der Waals surface area contributed by atoms with Gasteiger partial charge in [0.15, 0.2) is 0 Å². The molecular weight excluding hydrogens is 260 g/mol. The number of nitrogens with zero attached hydrogens (tertiary/aromatic N) is 2. The lowest BCUT2D eigenvalue weighted by molar-refractivity contribution is 0.724. The highest BCUT2D eigenvalue weighted by atomic mass is 32.1. The van der Waals surface area contributed by atoms with Gasteiger partial charge in [0.1, 0.15) is 4.83 Å². The minimum atomic E-state index is -0.0148. The summed E-state index contributed by atoms with van der Waals surface area (Å²) < 4.78 is 0. The van der Waals surface area contributed by atoms with E-state index in [1.165, 1.54) is 4.88 Å². The quantitative estimate of drug-likeness (QED) is 0.828. The highest BCUT2D eigenvalue weighted by molar-refractivity contribution is 7.18. The molecule has 102 valence electrons. The molecule has 2 aromatic heterocycles. The molecule has 0 unspecified atom stereocenters. The van der Waals surface area contributed by atoms with Crippen LogP contribution >= 0.6 is 11.3 Å². The first-order chi connectivity index (χ1) is 9.16. The molecule has 1 fully saturated rings. The number of rotatable bonds is 1. The maximum Gasteiger partial charge on any atom is 0.261 e. The van der Waals surface area contributed by atoms with Crippen LogP contribution in [0, 0.1) is 13.8 Å². The first-order valence-corrected chi connectivity index (χ1v) is 7.44. The second-order valence-corrected chi connectivity index (χ2v) is 6.15. The first-order valence-electron chi connectivity index (χ1n) is 6.62. The zero-order valence-electron chi connectivity index (χ0n) is 11.2. The number of fused-ring (bicyclic) bond motifs is 1.